The number of carbonyl (C=O) groups excluding carboxylic acids is 1. The number of benzene rings is 2. The van der Waals surface area contributed by atoms with Crippen LogP contribution in [0.3, 0.4) is 0 Å². The van der Waals surface area contributed by atoms with Crippen LogP contribution in [0.2, 0.25) is 0 Å². The summed E-state index contributed by atoms with van der Waals surface area (Å²) in [5.74, 6) is 0.184. The number of rotatable bonds is 7. The second kappa shape index (κ2) is 10.6. The van der Waals surface area contributed by atoms with E-state index in [1.807, 2.05) is 48.7 Å². The highest BCUT2D eigenvalue weighted by atomic mass is 35.5. The van der Waals surface area contributed by atoms with Gasteiger partial charge in [0.05, 0.1) is 0 Å². The number of halogens is 2. The number of nitrogens with two attached hydrogens (primary N) is 1. The van der Waals surface area contributed by atoms with Gasteiger partial charge in [0.2, 0.25) is 0 Å². The average Bonchev–Trinajstić information content (AvgIpc) is 2.61. The fourth-order valence-electron chi connectivity index (χ4n) is 2.62. The van der Waals surface area contributed by atoms with Crippen molar-refractivity contribution in [3.8, 4) is 5.75 Å². The first-order valence-electron chi connectivity index (χ1n) is 7.75. The fourth-order valence-corrected chi connectivity index (χ4v) is 2.62. The van der Waals surface area contributed by atoms with Crippen molar-refractivity contribution in [3.63, 3.8) is 0 Å². The smallest absolute Gasteiger partial charge is 0.255 e. The lowest BCUT2D eigenvalue weighted by molar-refractivity contribution is -0.119. The molecule has 0 spiro atoms. The van der Waals surface area contributed by atoms with Crippen LogP contribution < -0.4 is 15.8 Å². The molecule has 0 fully saturated rings. The van der Waals surface area contributed by atoms with Crippen molar-refractivity contribution in [1.29, 1.82) is 0 Å². The normalized spacial score (nSPS) is 9.85. The van der Waals surface area contributed by atoms with Crippen molar-refractivity contribution in [3.05, 3.63) is 72.1 Å². The fraction of sp³-hybridized carbons (Fsp3) is 0.158. The summed E-state index contributed by atoms with van der Waals surface area (Å²) >= 11 is 0. The lowest BCUT2D eigenvalue weighted by Gasteiger charge is -2.14. The predicted octanol–water partition coefficient (Wildman–Crippen LogP) is 3.23. The molecular weight excluding hydrogens is 373 g/mol. The number of hydrogen-bond acceptors (Lipinski definition) is 4. The van der Waals surface area contributed by atoms with Gasteiger partial charge in [-0.25, -0.2) is 0 Å². The van der Waals surface area contributed by atoms with Gasteiger partial charge in [-0.2, -0.15) is 0 Å². The molecule has 5 nitrogen and oxygen atoms in total. The van der Waals surface area contributed by atoms with E-state index >= 15 is 0 Å². The van der Waals surface area contributed by atoms with E-state index in [2.05, 4.69) is 16.4 Å². The molecule has 0 radical (unpaired) electrons. The molecule has 0 aliphatic rings. The van der Waals surface area contributed by atoms with E-state index < -0.39 is 5.91 Å². The Hall–Kier alpha value is -2.34. The van der Waals surface area contributed by atoms with E-state index in [1.54, 1.807) is 6.20 Å². The van der Waals surface area contributed by atoms with Crippen molar-refractivity contribution in [2.24, 2.45) is 5.73 Å². The van der Waals surface area contributed by atoms with E-state index in [-0.39, 0.29) is 31.4 Å². The lowest BCUT2D eigenvalue weighted by atomic mass is 10.0. The summed E-state index contributed by atoms with van der Waals surface area (Å²) in [4.78, 5) is 15.1. The second-order valence-electron chi connectivity index (χ2n) is 5.48. The lowest BCUT2D eigenvalue weighted by Crippen LogP contribution is -2.21. The number of carbonyl (C=O) groups is 1. The molecule has 26 heavy (non-hydrogen) atoms. The number of ether oxygens (including phenoxy) is 1. The molecule has 1 heterocycles. The zero-order chi connectivity index (χ0) is 16.8. The van der Waals surface area contributed by atoms with Gasteiger partial charge in [0.1, 0.15) is 5.75 Å². The molecule has 3 N–H and O–H groups in total. The molecular formula is C19H21Cl2N3O2. The highest BCUT2D eigenvalue weighted by Gasteiger charge is 2.10. The first-order chi connectivity index (χ1) is 11.7. The minimum Gasteiger partial charge on any atom is -0.483 e. The van der Waals surface area contributed by atoms with Gasteiger partial charge in [-0.15, -0.1) is 24.8 Å². The Labute approximate surface area is 164 Å². The van der Waals surface area contributed by atoms with Crippen LogP contribution in [-0.2, 0) is 17.9 Å². The number of primary amides is 1. The maximum absolute atomic E-state index is 11.0. The maximum atomic E-state index is 11.0. The molecule has 1 aromatic heterocycles. The minimum atomic E-state index is -0.488. The monoisotopic (exact) mass is 393 g/mol. The Morgan fingerprint density at radius 2 is 1.85 bits per heavy atom. The third kappa shape index (κ3) is 5.59. The van der Waals surface area contributed by atoms with Gasteiger partial charge in [-0.1, -0.05) is 36.4 Å². The molecule has 7 heteroatoms. The summed E-state index contributed by atoms with van der Waals surface area (Å²) in [6.45, 7) is 1.19. The number of nitrogens with zero attached hydrogens (tertiary/aromatic N) is 1. The van der Waals surface area contributed by atoms with Crippen molar-refractivity contribution in [2.45, 2.75) is 13.1 Å². The highest BCUT2D eigenvalue weighted by Crippen LogP contribution is 2.28. The van der Waals surface area contributed by atoms with Crippen LogP contribution in [0, 0.1) is 0 Å². The van der Waals surface area contributed by atoms with Crippen LogP contribution in [0.25, 0.3) is 10.8 Å². The van der Waals surface area contributed by atoms with E-state index in [4.69, 9.17) is 10.5 Å². The maximum Gasteiger partial charge on any atom is 0.255 e. The first-order valence-corrected chi connectivity index (χ1v) is 7.75. The van der Waals surface area contributed by atoms with Gasteiger partial charge in [-0.3, -0.25) is 9.78 Å². The first kappa shape index (κ1) is 21.7. The quantitative estimate of drug-likeness (QED) is 0.645. The molecule has 0 bridgehead atoms. The SMILES string of the molecule is Cl.Cl.NC(=O)COc1ccc2ccccc2c1CNCc1cccnc1. The van der Waals surface area contributed by atoms with Crippen LogP contribution in [0.15, 0.2) is 60.9 Å². The number of fused-ring (bicyclic) bond motifs is 1. The number of nitrogens with one attached hydrogen (secondary N) is 1. The minimum absolute atomic E-state index is 0. The summed E-state index contributed by atoms with van der Waals surface area (Å²) in [6.07, 6.45) is 3.59. The van der Waals surface area contributed by atoms with Crippen LogP contribution >= 0.6 is 24.8 Å². The molecule has 3 aromatic rings. The summed E-state index contributed by atoms with van der Waals surface area (Å²) in [6, 6.07) is 15.9. The Balaban J connectivity index is 0.00000169. The zero-order valence-electron chi connectivity index (χ0n) is 14.1. The van der Waals surface area contributed by atoms with E-state index in [9.17, 15) is 4.79 Å². The molecule has 0 saturated heterocycles. The van der Waals surface area contributed by atoms with Crippen molar-refractivity contribution in [1.82, 2.24) is 10.3 Å². The molecule has 2 aromatic carbocycles. The molecule has 0 aliphatic heterocycles. The van der Waals surface area contributed by atoms with Crippen molar-refractivity contribution in [2.75, 3.05) is 6.61 Å². The Morgan fingerprint density at radius 1 is 1.04 bits per heavy atom. The third-order valence-electron chi connectivity index (χ3n) is 3.72. The van der Waals surface area contributed by atoms with Gasteiger partial charge in [-0.05, 0) is 28.5 Å². The number of pyridine rings is 1. The molecule has 0 saturated carbocycles. The molecule has 0 unspecified atom stereocenters. The predicted molar refractivity (Wildman–Crippen MR) is 108 cm³/mol. The van der Waals surface area contributed by atoms with Gasteiger partial charge < -0.3 is 15.8 Å². The molecule has 0 atom stereocenters. The Morgan fingerprint density at radius 3 is 2.58 bits per heavy atom. The highest BCUT2D eigenvalue weighted by molar-refractivity contribution is 5.88. The second-order valence-corrected chi connectivity index (χ2v) is 5.48. The number of aromatic nitrogens is 1. The van der Waals surface area contributed by atoms with E-state index in [0.717, 1.165) is 21.9 Å². The van der Waals surface area contributed by atoms with Crippen LogP contribution in [0.1, 0.15) is 11.1 Å². The van der Waals surface area contributed by atoms with Gasteiger partial charge in [0.15, 0.2) is 6.61 Å². The summed E-state index contributed by atoms with van der Waals surface area (Å²) in [5, 5.41) is 5.62. The average molecular weight is 394 g/mol. The number of hydrogen-bond donors (Lipinski definition) is 2. The van der Waals surface area contributed by atoms with Crippen molar-refractivity contribution < 1.29 is 9.53 Å². The Bertz CT molecular complexity index is 845. The molecule has 0 aliphatic carbocycles. The standard InChI is InChI=1S/C19H19N3O2.2ClH/c20-19(23)13-24-18-8-7-15-5-1-2-6-16(15)17(18)12-22-11-14-4-3-9-21-10-14;;/h1-10,22H,11-13H2,(H2,20,23);2*1H. The van der Waals surface area contributed by atoms with Crippen LogP contribution in [0.4, 0.5) is 0 Å². The van der Waals surface area contributed by atoms with Gasteiger partial charge >= 0.3 is 0 Å². The number of amides is 1. The van der Waals surface area contributed by atoms with E-state index in [0.29, 0.717) is 18.8 Å². The summed E-state index contributed by atoms with van der Waals surface area (Å²) < 4.78 is 5.58. The largest absolute Gasteiger partial charge is 0.483 e. The summed E-state index contributed by atoms with van der Waals surface area (Å²) in [5.41, 5.74) is 7.31. The topological polar surface area (TPSA) is 77.2 Å². The van der Waals surface area contributed by atoms with Gasteiger partial charge in [0, 0.05) is 31.0 Å². The van der Waals surface area contributed by atoms with E-state index in [1.165, 1.54) is 0 Å². The Kier molecular flexibility index (Phi) is 8.85. The van der Waals surface area contributed by atoms with Crippen molar-refractivity contribution >= 4 is 41.5 Å². The van der Waals surface area contributed by atoms with Crippen LogP contribution in [-0.4, -0.2) is 17.5 Å². The molecule has 138 valence electrons. The summed E-state index contributed by atoms with van der Waals surface area (Å²) in [7, 11) is 0. The van der Waals surface area contributed by atoms with Gasteiger partial charge in [0.25, 0.3) is 5.91 Å². The molecule has 3 rings (SSSR count). The van der Waals surface area contributed by atoms with Crippen LogP contribution in [0.5, 0.6) is 5.75 Å². The zero-order valence-corrected chi connectivity index (χ0v) is 15.7. The molecule has 1 amide bonds. The third-order valence-corrected chi connectivity index (χ3v) is 3.72.